The number of hydrogen-bond acceptors (Lipinski definition) is 3. The first-order valence-electron chi connectivity index (χ1n) is 7.19. The molecule has 0 spiro atoms. The summed E-state index contributed by atoms with van der Waals surface area (Å²) in [6, 6.07) is 12.0. The number of benzene rings is 1. The van der Waals surface area contributed by atoms with Crippen molar-refractivity contribution in [1.29, 1.82) is 0 Å². The molecule has 4 rings (SSSR count). The average molecular weight is 279 g/mol. The van der Waals surface area contributed by atoms with Crippen LogP contribution < -0.4 is 5.32 Å². The summed E-state index contributed by atoms with van der Waals surface area (Å²) < 4.78 is 2.03. The van der Waals surface area contributed by atoms with Crippen LogP contribution in [-0.4, -0.2) is 20.6 Å². The third-order valence-electron chi connectivity index (χ3n) is 4.11. The van der Waals surface area contributed by atoms with Crippen LogP contribution in [0.2, 0.25) is 0 Å². The number of aliphatic hydroxyl groups excluding tert-OH is 1. The van der Waals surface area contributed by atoms with Gasteiger partial charge in [-0.2, -0.15) is 0 Å². The number of anilines is 1. The molecule has 3 heterocycles. The van der Waals surface area contributed by atoms with E-state index in [0.29, 0.717) is 6.42 Å². The Labute approximate surface area is 123 Å². The third-order valence-corrected chi connectivity index (χ3v) is 4.11. The summed E-state index contributed by atoms with van der Waals surface area (Å²) in [4.78, 5) is 4.60. The monoisotopic (exact) mass is 279 g/mol. The van der Waals surface area contributed by atoms with Gasteiger partial charge in [0.2, 0.25) is 0 Å². The van der Waals surface area contributed by atoms with Gasteiger partial charge in [0.05, 0.1) is 23.5 Å². The average Bonchev–Trinajstić information content (AvgIpc) is 2.88. The zero-order valence-corrected chi connectivity index (χ0v) is 11.8. The molecule has 2 atom stereocenters. The van der Waals surface area contributed by atoms with Gasteiger partial charge in [0.1, 0.15) is 0 Å². The minimum atomic E-state index is -0.432. The zero-order chi connectivity index (χ0) is 14.4. The second kappa shape index (κ2) is 4.60. The maximum absolute atomic E-state index is 10.5. The quantitative estimate of drug-likeness (QED) is 0.720. The fourth-order valence-corrected chi connectivity index (χ4v) is 3.10. The minimum absolute atomic E-state index is 0.0955. The molecule has 0 fully saturated rings. The van der Waals surface area contributed by atoms with Crippen molar-refractivity contribution >= 4 is 11.3 Å². The van der Waals surface area contributed by atoms with Gasteiger partial charge < -0.3 is 14.8 Å². The van der Waals surface area contributed by atoms with Crippen molar-refractivity contribution in [2.75, 3.05) is 5.32 Å². The molecule has 0 bridgehead atoms. The molecule has 0 saturated carbocycles. The lowest BCUT2D eigenvalue weighted by Gasteiger charge is -2.32. The second-order valence-corrected chi connectivity index (χ2v) is 5.63. The number of aromatic nitrogens is 2. The van der Waals surface area contributed by atoms with E-state index in [2.05, 4.69) is 16.4 Å². The van der Waals surface area contributed by atoms with Crippen molar-refractivity contribution in [1.82, 2.24) is 9.38 Å². The van der Waals surface area contributed by atoms with E-state index in [-0.39, 0.29) is 6.04 Å². The summed E-state index contributed by atoms with van der Waals surface area (Å²) in [6.07, 6.45) is 4.23. The predicted octanol–water partition coefficient (Wildman–Crippen LogP) is 2.71. The molecule has 2 N–H and O–H groups in total. The van der Waals surface area contributed by atoms with Crippen LogP contribution in [0.25, 0.3) is 5.65 Å². The molecule has 1 aliphatic heterocycles. The summed E-state index contributed by atoms with van der Waals surface area (Å²) in [5, 5.41) is 13.9. The number of aryl methyl sites for hydroxylation is 1. The van der Waals surface area contributed by atoms with Crippen molar-refractivity contribution in [2.45, 2.75) is 25.5 Å². The Balaban J connectivity index is 1.83. The molecule has 3 aromatic rings. The SMILES string of the molecule is Cc1cn2ccc3c(c2n1)NC(c1ccccc1)C(O)C3. The molecule has 0 saturated heterocycles. The number of fused-ring (bicyclic) bond motifs is 3. The summed E-state index contributed by atoms with van der Waals surface area (Å²) >= 11 is 0. The van der Waals surface area contributed by atoms with Gasteiger partial charge >= 0.3 is 0 Å². The number of rotatable bonds is 1. The molecule has 4 nitrogen and oxygen atoms in total. The molecule has 0 amide bonds. The van der Waals surface area contributed by atoms with Crippen LogP contribution in [0.3, 0.4) is 0 Å². The maximum atomic E-state index is 10.5. The van der Waals surface area contributed by atoms with Crippen molar-refractivity contribution in [3.63, 3.8) is 0 Å². The molecule has 0 aliphatic carbocycles. The fraction of sp³-hybridized carbons (Fsp3) is 0.235. The van der Waals surface area contributed by atoms with Gasteiger partial charge in [-0.1, -0.05) is 30.3 Å². The van der Waals surface area contributed by atoms with E-state index >= 15 is 0 Å². The molecular weight excluding hydrogens is 262 g/mol. The van der Waals surface area contributed by atoms with Gasteiger partial charge in [-0.05, 0) is 24.1 Å². The highest BCUT2D eigenvalue weighted by Gasteiger charge is 2.29. The summed E-state index contributed by atoms with van der Waals surface area (Å²) in [6.45, 7) is 1.99. The van der Waals surface area contributed by atoms with E-state index in [1.165, 1.54) is 0 Å². The lowest BCUT2D eigenvalue weighted by Crippen LogP contribution is -2.32. The second-order valence-electron chi connectivity index (χ2n) is 5.63. The number of nitrogens with one attached hydrogen (secondary N) is 1. The predicted molar refractivity (Wildman–Crippen MR) is 82.4 cm³/mol. The molecule has 106 valence electrons. The van der Waals surface area contributed by atoms with Crippen LogP contribution in [0.1, 0.15) is 22.9 Å². The van der Waals surface area contributed by atoms with Crippen LogP contribution in [-0.2, 0) is 6.42 Å². The normalized spacial score (nSPS) is 21.0. The first-order valence-corrected chi connectivity index (χ1v) is 7.19. The van der Waals surface area contributed by atoms with Crippen molar-refractivity contribution in [2.24, 2.45) is 0 Å². The topological polar surface area (TPSA) is 49.6 Å². The number of hydrogen-bond donors (Lipinski definition) is 2. The molecule has 1 aromatic carbocycles. The van der Waals surface area contributed by atoms with Crippen molar-refractivity contribution in [3.05, 3.63) is 65.6 Å². The van der Waals surface area contributed by atoms with Crippen LogP contribution in [0.4, 0.5) is 5.69 Å². The Morgan fingerprint density at radius 3 is 2.86 bits per heavy atom. The molecule has 4 heteroatoms. The highest BCUT2D eigenvalue weighted by atomic mass is 16.3. The summed E-state index contributed by atoms with van der Waals surface area (Å²) in [5.41, 5.74) is 5.17. The third kappa shape index (κ3) is 1.99. The fourth-order valence-electron chi connectivity index (χ4n) is 3.10. The number of nitrogens with zero attached hydrogens (tertiary/aromatic N) is 2. The van der Waals surface area contributed by atoms with E-state index in [4.69, 9.17) is 0 Å². The van der Waals surface area contributed by atoms with Crippen LogP contribution >= 0.6 is 0 Å². The Morgan fingerprint density at radius 2 is 2.05 bits per heavy atom. The number of imidazole rings is 1. The Kier molecular flexibility index (Phi) is 2.72. The van der Waals surface area contributed by atoms with Crippen molar-refractivity contribution < 1.29 is 5.11 Å². The minimum Gasteiger partial charge on any atom is -0.390 e. The first kappa shape index (κ1) is 12.4. The van der Waals surface area contributed by atoms with Gasteiger partial charge in [0, 0.05) is 18.8 Å². The summed E-state index contributed by atoms with van der Waals surface area (Å²) in [5.74, 6) is 0. The molecule has 21 heavy (non-hydrogen) atoms. The lowest BCUT2D eigenvalue weighted by molar-refractivity contribution is 0.148. The molecular formula is C17H17N3O. The Bertz CT molecular complexity index is 794. The smallest absolute Gasteiger partial charge is 0.160 e. The molecule has 0 radical (unpaired) electrons. The Morgan fingerprint density at radius 1 is 1.24 bits per heavy atom. The number of aliphatic hydroxyl groups is 1. The van der Waals surface area contributed by atoms with E-state index in [1.807, 2.05) is 54.0 Å². The maximum Gasteiger partial charge on any atom is 0.160 e. The molecule has 1 aliphatic rings. The molecule has 2 aromatic heterocycles. The van der Waals surface area contributed by atoms with E-state index in [0.717, 1.165) is 28.2 Å². The van der Waals surface area contributed by atoms with Gasteiger partial charge in [-0.15, -0.1) is 0 Å². The lowest BCUT2D eigenvalue weighted by atomic mass is 9.91. The standard InChI is InChI=1S/C17H17N3O/c1-11-10-20-8-7-13-9-14(21)15(12-5-3-2-4-6-12)19-16(13)17(20)18-11/h2-8,10,14-15,19,21H,9H2,1H3. The van der Waals surface area contributed by atoms with E-state index in [9.17, 15) is 5.11 Å². The van der Waals surface area contributed by atoms with Crippen LogP contribution in [0.5, 0.6) is 0 Å². The largest absolute Gasteiger partial charge is 0.390 e. The first-order chi connectivity index (χ1) is 10.2. The van der Waals surface area contributed by atoms with E-state index < -0.39 is 6.10 Å². The highest BCUT2D eigenvalue weighted by Crippen LogP contribution is 2.35. The Hall–Kier alpha value is -2.33. The molecule has 2 unspecified atom stereocenters. The van der Waals surface area contributed by atoms with Crippen molar-refractivity contribution in [3.8, 4) is 0 Å². The van der Waals surface area contributed by atoms with Gasteiger partial charge in [-0.25, -0.2) is 4.98 Å². The van der Waals surface area contributed by atoms with Crippen LogP contribution in [0, 0.1) is 6.92 Å². The van der Waals surface area contributed by atoms with Gasteiger partial charge in [0.15, 0.2) is 5.65 Å². The van der Waals surface area contributed by atoms with Gasteiger partial charge in [-0.3, -0.25) is 0 Å². The summed E-state index contributed by atoms with van der Waals surface area (Å²) in [7, 11) is 0. The number of pyridine rings is 1. The van der Waals surface area contributed by atoms with E-state index in [1.54, 1.807) is 0 Å². The van der Waals surface area contributed by atoms with Gasteiger partial charge in [0.25, 0.3) is 0 Å². The zero-order valence-electron chi connectivity index (χ0n) is 11.8. The van der Waals surface area contributed by atoms with Crippen LogP contribution in [0.15, 0.2) is 48.8 Å². The highest BCUT2D eigenvalue weighted by molar-refractivity contribution is 5.74.